The van der Waals surface area contributed by atoms with Gasteiger partial charge >= 0.3 is 0 Å². The molecule has 0 radical (unpaired) electrons. The lowest BCUT2D eigenvalue weighted by Gasteiger charge is -2.13. The number of tetrazole rings is 1. The third kappa shape index (κ3) is 4.17. The largest absolute Gasteiger partial charge is 0.313 e. The van der Waals surface area contributed by atoms with Crippen molar-refractivity contribution >= 4 is 11.8 Å². The maximum atomic E-state index is 3.91. The van der Waals surface area contributed by atoms with Gasteiger partial charge in [0.2, 0.25) is 5.16 Å². The maximum absolute atomic E-state index is 3.91. The summed E-state index contributed by atoms with van der Waals surface area (Å²) < 4.78 is 1.70. The van der Waals surface area contributed by atoms with Crippen LogP contribution in [0.15, 0.2) is 5.16 Å². The number of hydrogen-bond acceptors (Lipinski definition) is 5. The predicted molar refractivity (Wildman–Crippen MR) is 61.9 cm³/mol. The van der Waals surface area contributed by atoms with Crippen LogP contribution in [0.3, 0.4) is 0 Å². The van der Waals surface area contributed by atoms with Crippen LogP contribution >= 0.6 is 11.8 Å². The highest BCUT2D eigenvalue weighted by Gasteiger charge is 2.04. The van der Waals surface area contributed by atoms with E-state index in [4.69, 9.17) is 0 Å². The van der Waals surface area contributed by atoms with Crippen molar-refractivity contribution in [2.75, 3.05) is 12.3 Å². The molecule has 0 fully saturated rings. The molecule has 0 saturated heterocycles. The summed E-state index contributed by atoms with van der Waals surface area (Å²) in [6, 6.07) is 0.642. The molecule has 86 valence electrons. The first-order valence-corrected chi connectivity index (χ1v) is 6.35. The van der Waals surface area contributed by atoms with Crippen molar-refractivity contribution < 1.29 is 0 Å². The van der Waals surface area contributed by atoms with Crippen molar-refractivity contribution in [1.82, 2.24) is 25.5 Å². The molecular weight excluding hydrogens is 210 g/mol. The summed E-state index contributed by atoms with van der Waals surface area (Å²) in [6.07, 6.45) is 2.37. The molecule has 0 amide bonds. The van der Waals surface area contributed by atoms with E-state index in [-0.39, 0.29) is 0 Å². The number of thioether (sulfide) groups is 1. The molecule has 0 aromatic carbocycles. The molecule has 5 nitrogen and oxygen atoms in total. The smallest absolute Gasteiger partial charge is 0.209 e. The molecular formula is C9H19N5S. The van der Waals surface area contributed by atoms with Crippen molar-refractivity contribution in [3.05, 3.63) is 0 Å². The van der Waals surface area contributed by atoms with Gasteiger partial charge < -0.3 is 5.32 Å². The molecule has 1 N–H and O–H groups in total. The van der Waals surface area contributed by atoms with E-state index >= 15 is 0 Å². The van der Waals surface area contributed by atoms with Gasteiger partial charge in [-0.3, -0.25) is 0 Å². The minimum atomic E-state index is 0.642. The van der Waals surface area contributed by atoms with E-state index in [9.17, 15) is 0 Å². The van der Waals surface area contributed by atoms with Gasteiger partial charge in [0, 0.05) is 25.4 Å². The monoisotopic (exact) mass is 229 g/mol. The van der Waals surface area contributed by atoms with Gasteiger partial charge in [0.05, 0.1) is 0 Å². The lowest BCUT2D eigenvalue weighted by atomic mass is 10.2. The second-order valence-electron chi connectivity index (χ2n) is 3.40. The normalized spacial score (nSPS) is 11.2. The zero-order chi connectivity index (χ0) is 11.1. The second-order valence-corrected chi connectivity index (χ2v) is 4.46. The number of hydrogen-bond donors (Lipinski definition) is 1. The average Bonchev–Trinajstić information content (AvgIpc) is 2.65. The topological polar surface area (TPSA) is 55.6 Å². The number of rotatable bonds is 7. The van der Waals surface area contributed by atoms with E-state index in [2.05, 4.69) is 34.7 Å². The zero-order valence-corrected chi connectivity index (χ0v) is 10.4. The fourth-order valence-corrected chi connectivity index (χ4v) is 2.05. The molecule has 0 aliphatic rings. The van der Waals surface area contributed by atoms with E-state index in [1.165, 1.54) is 12.8 Å². The van der Waals surface area contributed by atoms with E-state index in [0.29, 0.717) is 6.04 Å². The molecule has 1 aromatic heterocycles. The average molecular weight is 229 g/mol. The van der Waals surface area contributed by atoms with Gasteiger partial charge in [-0.25, -0.2) is 4.68 Å². The maximum Gasteiger partial charge on any atom is 0.209 e. The molecule has 1 heterocycles. The molecule has 0 atom stereocenters. The highest BCUT2D eigenvalue weighted by atomic mass is 32.2. The van der Waals surface area contributed by atoms with E-state index < -0.39 is 0 Å². The Morgan fingerprint density at radius 1 is 1.40 bits per heavy atom. The Morgan fingerprint density at radius 2 is 2.13 bits per heavy atom. The SMILES string of the molecule is CCC(CC)NCCSc1nnnn1C. The highest BCUT2D eigenvalue weighted by molar-refractivity contribution is 7.99. The van der Waals surface area contributed by atoms with Crippen LogP contribution in [0.4, 0.5) is 0 Å². The number of nitrogens with one attached hydrogen (secondary N) is 1. The first-order chi connectivity index (χ1) is 7.27. The molecule has 0 spiro atoms. The summed E-state index contributed by atoms with van der Waals surface area (Å²) in [4.78, 5) is 0. The van der Waals surface area contributed by atoms with Crippen molar-refractivity contribution in [3.63, 3.8) is 0 Å². The Balaban J connectivity index is 2.14. The minimum absolute atomic E-state index is 0.642. The Hall–Kier alpha value is -0.620. The van der Waals surface area contributed by atoms with E-state index in [1.807, 2.05) is 7.05 Å². The molecule has 15 heavy (non-hydrogen) atoms. The first kappa shape index (κ1) is 12.4. The van der Waals surface area contributed by atoms with Crippen LogP contribution in [-0.4, -0.2) is 38.5 Å². The van der Waals surface area contributed by atoms with Crippen LogP contribution < -0.4 is 5.32 Å². The van der Waals surface area contributed by atoms with Crippen LogP contribution in [0.25, 0.3) is 0 Å². The van der Waals surface area contributed by atoms with Gasteiger partial charge in [0.1, 0.15) is 0 Å². The lowest BCUT2D eigenvalue weighted by Crippen LogP contribution is -2.29. The Bertz CT molecular complexity index is 271. The zero-order valence-electron chi connectivity index (χ0n) is 9.60. The standard InChI is InChI=1S/C9H19N5S/c1-4-8(5-2)10-6-7-15-9-11-12-13-14(9)3/h8,10H,4-7H2,1-3H3. The van der Waals surface area contributed by atoms with Gasteiger partial charge in [0.15, 0.2) is 0 Å². The quantitative estimate of drug-likeness (QED) is 0.560. The third-order valence-corrected chi connectivity index (χ3v) is 3.35. The van der Waals surface area contributed by atoms with Gasteiger partial charge in [-0.2, -0.15) is 0 Å². The molecule has 1 aromatic rings. The highest BCUT2D eigenvalue weighted by Crippen LogP contribution is 2.10. The van der Waals surface area contributed by atoms with E-state index in [1.54, 1.807) is 16.4 Å². The minimum Gasteiger partial charge on any atom is -0.313 e. The molecule has 0 bridgehead atoms. The van der Waals surface area contributed by atoms with Gasteiger partial charge in [-0.05, 0) is 23.3 Å². The number of aromatic nitrogens is 4. The van der Waals surface area contributed by atoms with Crippen molar-refractivity contribution in [1.29, 1.82) is 0 Å². The van der Waals surface area contributed by atoms with Crippen LogP contribution in [0.1, 0.15) is 26.7 Å². The number of nitrogens with zero attached hydrogens (tertiary/aromatic N) is 4. The van der Waals surface area contributed by atoms with Crippen LogP contribution in [0, 0.1) is 0 Å². The second kappa shape index (κ2) is 6.79. The number of aryl methyl sites for hydroxylation is 1. The summed E-state index contributed by atoms with van der Waals surface area (Å²) in [5, 5.41) is 15.7. The van der Waals surface area contributed by atoms with Gasteiger partial charge in [-0.1, -0.05) is 25.6 Å². The summed E-state index contributed by atoms with van der Waals surface area (Å²) in [5.74, 6) is 1.00. The third-order valence-electron chi connectivity index (χ3n) is 2.33. The van der Waals surface area contributed by atoms with Crippen molar-refractivity contribution in [2.45, 2.75) is 37.9 Å². The van der Waals surface area contributed by atoms with E-state index in [0.717, 1.165) is 17.5 Å². The summed E-state index contributed by atoms with van der Waals surface area (Å²) in [7, 11) is 1.86. The fraction of sp³-hybridized carbons (Fsp3) is 0.889. The van der Waals surface area contributed by atoms with Crippen LogP contribution in [0.5, 0.6) is 0 Å². The fourth-order valence-electron chi connectivity index (χ4n) is 1.33. The Morgan fingerprint density at radius 3 is 2.67 bits per heavy atom. The van der Waals surface area contributed by atoms with Crippen LogP contribution in [-0.2, 0) is 7.05 Å². The van der Waals surface area contributed by atoms with Gasteiger partial charge in [-0.15, -0.1) is 5.10 Å². The van der Waals surface area contributed by atoms with Gasteiger partial charge in [0.25, 0.3) is 0 Å². The molecule has 1 rings (SSSR count). The molecule has 0 aliphatic heterocycles. The predicted octanol–water partition coefficient (Wildman–Crippen LogP) is 1.08. The summed E-state index contributed by atoms with van der Waals surface area (Å²) in [5.41, 5.74) is 0. The molecule has 0 aliphatic carbocycles. The van der Waals surface area contributed by atoms with Crippen molar-refractivity contribution in [2.24, 2.45) is 7.05 Å². The molecule has 0 unspecified atom stereocenters. The lowest BCUT2D eigenvalue weighted by molar-refractivity contribution is 0.501. The summed E-state index contributed by atoms with van der Waals surface area (Å²) >= 11 is 1.68. The summed E-state index contributed by atoms with van der Waals surface area (Å²) in [6.45, 7) is 5.42. The van der Waals surface area contributed by atoms with Crippen LogP contribution in [0.2, 0.25) is 0 Å². The Kier molecular flexibility index (Phi) is 5.63. The van der Waals surface area contributed by atoms with Crippen molar-refractivity contribution in [3.8, 4) is 0 Å². The molecule has 0 saturated carbocycles. The Labute approximate surface area is 95.0 Å². The first-order valence-electron chi connectivity index (χ1n) is 5.36. The molecule has 6 heteroatoms.